The zero-order valence-electron chi connectivity index (χ0n) is 10.4. The molecular weight excluding hydrogens is 278 g/mol. The summed E-state index contributed by atoms with van der Waals surface area (Å²) in [5, 5.41) is 11.4. The van der Waals surface area contributed by atoms with Gasteiger partial charge < -0.3 is 22.3 Å². The maximum atomic E-state index is 11.4. The van der Waals surface area contributed by atoms with Gasteiger partial charge in [0, 0.05) is 16.5 Å². The average Bonchev–Trinajstić information content (AvgIpc) is 2.85. The molecule has 0 saturated carbocycles. The van der Waals surface area contributed by atoms with E-state index in [1.165, 1.54) is 11.3 Å². The van der Waals surface area contributed by atoms with E-state index < -0.39 is 5.91 Å². The second-order valence-corrected chi connectivity index (χ2v) is 4.78. The molecule has 0 unspecified atom stereocenters. The Kier molecular flexibility index (Phi) is 3.97. The molecular formula is C12H13N5O2S. The van der Waals surface area contributed by atoms with Crippen LogP contribution in [0, 0.1) is 0 Å². The van der Waals surface area contributed by atoms with Gasteiger partial charge in [-0.2, -0.15) is 4.99 Å². The summed E-state index contributed by atoms with van der Waals surface area (Å²) in [5.41, 5.74) is 17.9. The Morgan fingerprint density at radius 1 is 1.35 bits per heavy atom. The number of benzene rings is 1. The van der Waals surface area contributed by atoms with Crippen molar-refractivity contribution >= 4 is 28.3 Å². The predicted octanol–water partition coefficient (Wildman–Crippen LogP) is 0.306. The van der Waals surface area contributed by atoms with Crippen LogP contribution >= 0.6 is 11.3 Å². The van der Waals surface area contributed by atoms with Crippen LogP contribution in [0.15, 0.2) is 28.6 Å². The number of nitrogens with zero attached hydrogens (tertiary/aromatic N) is 2. The van der Waals surface area contributed by atoms with Crippen molar-refractivity contribution in [2.45, 2.75) is 6.61 Å². The fraction of sp³-hybridized carbons (Fsp3) is 0.0833. The molecule has 104 valence electrons. The first-order chi connectivity index (χ1) is 9.51. The standard InChI is InChI=1S/C12H13N5O2S/c13-10(19)8-3-6(1-2-7(8)4-18)9-5-20-12(16-9)17-11(14)15/h1-3,5,18H,4H2,(H2,13,19)(H4,14,15,16,17). The number of primary amides is 1. The van der Waals surface area contributed by atoms with Crippen LogP contribution in [0.3, 0.4) is 0 Å². The second-order valence-electron chi connectivity index (χ2n) is 3.95. The number of rotatable bonds is 4. The number of nitrogens with two attached hydrogens (primary N) is 3. The van der Waals surface area contributed by atoms with Gasteiger partial charge in [-0.3, -0.25) is 4.79 Å². The van der Waals surface area contributed by atoms with Crippen molar-refractivity contribution in [2.24, 2.45) is 22.2 Å². The number of amides is 1. The van der Waals surface area contributed by atoms with Crippen LogP contribution in [0.5, 0.6) is 0 Å². The van der Waals surface area contributed by atoms with Crippen molar-refractivity contribution < 1.29 is 9.90 Å². The van der Waals surface area contributed by atoms with Crippen molar-refractivity contribution in [1.82, 2.24) is 4.98 Å². The quantitative estimate of drug-likeness (QED) is 0.474. The lowest BCUT2D eigenvalue weighted by Crippen LogP contribution is -2.21. The van der Waals surface area contributed by atoms with E-state index in [0.717, 1.165) is 0 Å². The summed E-state index contributed by atoms with van der Waals surface area (Å²) in [6.07, 6.45) is 0. The number of carbonyl (C=O) groups is 1. The summed E-state index contributed by atoms with van der Waals surface area (Å²) in [7, 11) is 0. The summed E-state index contributed by atoms with van der Waals surface area (Å²) in [5.74, 6) is -0.671. The molecule has 20 heavy (non-hydrogen) atoms. The first kappa shape index (κ1) is 14.0. The molecule has 1 aromatic heterocycles. The minimum atomic E-state index is -0.601. The Balaban J connectivity index is 2.43. The predicted molar refractivity (Wildman–Crippen MR) is 77.5 cm³/mol. The highest BCUT2D eigenvalue weighted by atomic mass is 32.1. The first-order valence-corrected chi connectivity index (χ1v) is 6.48. The van der Waals surface area contributed by atoms with Crippen molar-refractivity contribution in [1.29, 1.82) is 0 Å². The molecule has 0 atom stereocenters. The van der Waals surface area contributed by atoms with E-state index in [-0.39, 0.29) is 18.1 Å². The van der Waals surface area contributed by atoms with E-state index >= 15 is 0 Å². The Hall–Kier alpha value is -2.45. The maximum absolute atomic E-state index is 11.4. The summed E-state index contributed by atoms with van der Waals surface area (Å²) in [6.45, 7) is -0.255. The van der Waals surface area contributed by atoms with Gasteiger partial charge in [0.05, 0.1) is 12.3 Å². The highest BCUT2D eigenvalue weighted by Crippen LogP contribution is 2.28. The summed E-state index contributed by atoms with van der Waals surface area (Å²) in [4.78, 5) is 19.4. The Morgan fingerprint density at radius 3 is 2.70 bits per heavy atom. The number of carbonyl (C=O) groups excluding carboxylic acids is 1. The Labute approximate surface area is 118 Å². The third kappa shape index (κ3) is 2.92. The molecule has 7 nitrogen and oxygen atoms in total. The molecule has 0 saturated heterocycles. The van der Waals surface area contributed by atoms with Crippen LogP contribution in [-0.4, -0.2) is 22.0 Å². The molecule has 0 aliphatic carbocycles. The zero-order chi connectivity index (χ0) is 14.7. The summed E-state index contributed by atoms with van der Waals surface area (Å²) < 4.78 is 0. The smallest absolute Gasteiger partial charge is 0.249 e. The van der Waals surface area contributed by atoms with Gasteiger partial charge in [0.15, 0.2) is 5.96 Å². The molecule has 1 heterocycles. The lowest BCUT2D eigenvalue weighted by molar-refractivity contribution is 0.0997. The third-order valence-electron chi connectivity index (χ3n) is 2.56. The van der Waals surface area contributed by atoms with Crippen molar-refractivity contribution in [2.75, 3.05) is 0 Å². The van der Waals surface area contributed by atoms with E-state index in [0.29, 0.717) is 22.0 Å². The van der Waals surface area contributed by atoms with Crippen LogP contribution in [0.4, 0.5) is 5.13 Å². The van der Waals surface area contributed by atoms with Gasteiger partial charge >= 0.3 is 0 Å². The van der Waals surface area contributed by atoms with Crippen molar-refractivity contribution in [3.05, 3.63) is 34.7 Å². The fourth-order valence-corrected chi connectivity index (χ4v) is 2.38. The third-order valence-corrected chi connectivity index (χ3v) is 3.29. The molecule has 2 aromatic rings. The molecule has 0 radical (unpaired) electrons. The Bertz CT molecular complexity index is 676. The number of aliphatic imine (C=N–C) groups is 1. The lowest BCUT2D eigenvalue weighted by atomic mass is 10.0. The molecule has 1 aromatic carbocycles. The Morgan fingerprint density at radius 2 is 2.10 bits per heavy atom. The van der Waals surface area contributed by atoms with Gasteiger partial charge in [-0.1, -0.05) is 12.1 Å². The first-order valence-electron chi connectivity index (χ1n) is 5.60. The number of hydrogen-bond donors (Lipinski definition) is 4. The van der Waals surface area contributed by atoms with Crippen LogP contribution in [0.2, 0.25) is 0 Å². The number of aliphatic hydroxyl groups is 1. The van der Waals surface area contributed by atoms with E-state index in [9.17, 15) is 4.79 Å². The number of aliphatic hydroxyl groups excluding tert-OH is 1. The molecule has 0 aliphatic heterocycles. The largest absolute Gasteiger partial charge is 0.392 e. The van der Waals surface area contributed by atoms with Gasteiger partial charge in [-0.05, 0) is 11.6 Å². The van der Waals surface area contributed by atoms with Crippen LogP contribution in [-0.2, 0) is 6.61 Å². The minimum Gasteiger partial charge on any atom is -0.392 e. The number of aromatic nitrogens is 1. The molecule has 2 rings (SSSR count). The molecule has 0 aliphatic rings. The second kappa shape index (κ2) is 5.68. The van der Waals surface area contributed by atoms with E-state index in [4.69, 9.17) is 22.3 Å². The van der Waals surface area contributed by atoms with Crippen molar-refractivity contribution in [3.8, 4) is 11.3 Å². The van der Waals surface area contributed by atoms with Gasteiger partial charge in [-0.15, -0.1) is 11.3 Å². The normalized spacial score (nSPS) is 10.2. The molecule has 0 spiro atoms. The monoisotopic (exact) mass is 291 g/mol. The molecule has 0 bridgehead atoms. The molecule has 8 heteroatoms. The fourth-order valence-electron chi connectivity index (χ4n) is 1.66. The van der Waals surface area contributed by atoms with E-state index in [1.807, 2.05) is 0 Å². The zero-order valence-corrected chi connectivity index (χ0v) is 11.2. The lowest BCUT2D eigenvalue weighted by Gasteiger charge is -2.05. The van der Waals surface area contributed by atoms with Crippen LogP contribution < -0.4 is 17.2 Å². The van der Waals surface area contributed by atoms with Crippen molar-refractivity contribution in [3.63, 3.8) is 0 Å². The topological polar surface area (TPSA) is 141 Å². The van der Waals surface area contributed by atoms with E-state index in [1.54, 1.807) is 23.6 Å². The molecule has 1 amide bonds. The average molecular weight is 291 g/mol. The van der Waals surface area contributed by atoms with Gasteiger partial charge in [0.25, 0.3) is 0 Å². The number of guanidine groups is 1. The summed E-state index contributed by atoms with van der Waals surface area (Å²) >= 11 is 1.27. The minimum absolute atomic E-state index is 0.0700. The van der Waals surface area contributed by atoms with E-state index in [2.05, 4.69) is 9.98 Å². The summed E-state index contributed by atoms with van der Waals surface area (Å²) in [6, 6.07) is 4.96. The SMILES string of the molecule is NC(=O)c1cc(-c2csc(N=C(N)N)n2)ccc1CO. The molecule has 7 N–H and O–H groups in total. The highest BCUT2D eigenvalue weighted by molar-refractivity contribution is 7.13. The number of thiazole rings is 1. The molecule has 0 fully saturated rings. The van der Waals surface area contributed by atoms with Gasteiger partial charge in [0.2, 0.25) is 11.0 Å². The van der Waals surface area contributed by atoms with Gasteiger partial charge in [-0.25, -0.2) is 4.98 Å². The van der Waals surface area contributed by atoms with Crippen LogP contribution in [0.25, 0.3) is 11.3 Å². The number of hydrogen-bond acceptors (Lipinski definition) is 5. The maximum Gasteiger partial charge on any atom is 0.249 e. The highest BCUT2D eigenvalue weighted by Gasteiger charge is 2.11. The van der Waals surface area contributed by atoms with Gasteiger partial charge in [0.1, 0.15) is 0 Å². The van der Waals surface area contributed by atoms with Crippen LogP contribution in [0.1, 0.15) is 15.9 Å².